The normalized spacial score (nSPS) is 17.6. The van der Waals surface area contributed by atoms with Crippen molar-refractivity contribution in [3.8, 4) is 22.5 Å². The van der Waals surface area contributed by atoms with E-state index in [1.165, 1.54) is 19.4 Å². The maximum absolute atomic E-state index is 5.09. The molecule has 4 heteroatoms. The second kappa shape index (κ2) is 7.72. The van der Waals surface area contributed by atoms with Gasteiger partial charge < -0.3 is 4.90 Å². The van der Waals surface area contributed by atoms with Gasteiger partial charge in [-0.05, 0) is 18.8 Å². The molecule has 1 aliphatic heterocycles. The molecule has 2 aromatic carbocycles. The molecule has 0 spiro atoms. The van der Waals surface area contributed by atoms with Crippen LogP contribution in [-0.4, -0.2) is 47.6 Å². The van der Waals surface area contributed by atoms with Crippen molar-refractivity contribution in [1.82, 2.24) is 14.9 Å². The minimum Gasteiger partial charge on any atom is -0.353 e. The van der Waals surface area contributed by atoms with Crippen LogP contribution in [-0.2, 0) is 0 Å². The fourth-order valence-corrected chi connectivity index (χ4v) is 3.96. The third-order valence-corrected chi connectivity index (χ3v) is 5.76. The molecular weight excluding hydrogens is 344 g/mol. The molecule has 28 heavy (non-hydrogen) atoms. The highest BCUT2D eigenvalue weighted by Crippen LogP contribution is 2.32. The molecule has 2 fully saturated rings. The van der Waals surface area contributed by atoms with Crippen molar-refractivity contribution >= 4 is 5.82 Å². The molecule has 0 atom stereocenters. The molecule has 2 heterocycles. The van der Waals surface area contributed by atoms with E-state index in [2.05, 4.69) is 58.3 Å². The average molecular weight is 370 g/mol. The first-order valence-electron chi connectivity index (χ1n) is 10.3. The van der Waals surface area contributed by atoms with Gasteiger partial charge in [0.1, 0.15) is 5.82 Å². The summed E-state index contributed by atoms with van der Waals surface area (Å²) in [5.74, 6) is 1.95. The number of anilines is 1. The van der Waals surface area contributed by atoms with E-state index in [1.807, 2.05) is 18.3 Å². The molecule has 0 amide bonds. The van der Waals surface area contributed by atoms with Gasteiger partial charge in [-0.15, -0.1) is 0 Å². The Morgan fingerprint density at radius 3 is 1.96 bits per heavy atom. The molecular formula is C24H26N4. The van der Waals surface area contributed by atoms with Crippen molar-refractivity contribution in [3.63, 3.8) is 0 Å². The highest BCUT2D eigenvalue weighted by atomic mass is 15.3. The molecule has 0 unspecified atom stereocenters. The highest BCUT2D eigenvalue weighted by Gasteiger charge is 2.27. The van der Waals surface area contributed by atoms with Gasteiger partial charge in [-0.1, -0.05) is 60.7 Å². The number of piperazine rings is 1. The summed E-state index contributed by atoms with van der Waals surface area (Å²) >= 11 is 0. The Bertz CT molecular complexity index is 914. The third-order valence-electron chi connectivity index (χ3n) is 5.76. The maximum Gasteiger partial charge on any atom is 0.147 e. The first-order chi connectivity index (χ1) is 13.9. The Kier molecular flexibility index (Phi) is 4.79. The largest absolute Gasteiger partial charge is 0.353 e. The predicted octanol–water partition coefficient (Wildman–Crippen LogP) is 4.34. The lowest BCUT2D eigenvalue weighted by Crippen LogP contribution is -2.47. The van der Waals surface area contributed by atoms with E-state index < -0.39 is 0 Å². The van der Waals surface area contributed by atoms with E-state index in [-0.39, 0.29) is 0 Å². The Labute approximate surface area is 166 Å². The number of benzene rings is 2. The Balaban J connectivity index is 1.44. The van der Waals surface area contributed by atoms with Gasteiger partial charge in [-0.25, -0.2) is 4.98 Å². The van der Waals surface area contributed by atoms with Crippen LogP contribution < -0.4 is 4.90 Å². The number of rotatable bonds is 5. The number of hydrogen-bond donors (Lipinski definition) is 0. The van der Waals surface area contributed by atoms with Crippen molar-refractivity contribution in [2.45, 2.75) is 12.8 Å². The van der Waals surface area contributed by atoms with E-state index in [4.69, 9.17) is 9.97 Å². The van der Waals surface area contributed by atoms with E-state index >= 15 is 0 Å². The fourth-order valence-electron chi connectivity index (χ4n) is 3.96. The van der Waals surface area contributed by atoms with Crippen LogP contribution in [0, 0.1) is 5.92 Å². The summed E-state index contributed by atoms with van der Waals surface area (Å²) < 4.78 is 0. The van der Waals surface area contributed by atoms with Gasteiger partial charge in [-0.2, -0.15) is 0 Å². The van der Waals surface area contributed by atoms with Gasteiger partial charge in [0.2, 0.25) is 0 Å². The second-order valence-corrected chi connectivity index (χ2v) is 7.89. The standard InChI is InChI=1S/C24H26N4/c1-3-7-20(8-4-1)23-24(21-9-5-2-6-10-21)26-22(17-25-23)28-15-13-27(14-16-28)18-19-11-12-19/h1-10,17,19H,11-16,18H2. The Morgan fingerprint density at radius 2 is 1.36 bits per heavy atom. The average Bonchev–Trinajstić information content (AvgIpc) is 3.59. The quantitative estimate of drug-likeness (QED) is 0.669. The van der Waals surface area contributed by atoms with Crippen LogP contribution in [0.4, 0.5) is 5.82 Å². The summed E-state index contributed by atoms with van der Waals surface area (Å²) in [6.07, 6.45) is 4.80. The molecule has 2 aliphatic rings. The van der Waals surface area contributed by atoms with Crippen LogP contribution in [0.25, 0.3) is 22.5 Å². The number of aromatic nitrogens is 2. The molecule has 1 saturated carbocycles. The minimum atomic E-state index is 0.947. The van der Waals surface area contributed by atoms with Crippen LogP contribution in [0.5, 0.6) is 0 Å². The summed E-state index contributed by atoms with van der Waals surface area (Å²) in [4.78, 5) is 14.9. The summed E-state index contributed by atoms with van der Waals surface area (Å²) in [5.41, 5.74) is 4.13. The van der Waals surface area contributed by atoms with E-state index in [0.717, 1.165) is 60.4 Å². The monoisotopic (exact) mass is 370 g/mol. The number of nitrogens with zero attached hydrogens (tertiary/aromatic N) is 4. The highest BCUT2D eigenvalue weighted by molar-refractivity contribution is 5.78. The molecule has 1 aromatic heterocycles. The zero-order valence-electron chi connectivity index (χ0n) is 16.2. The van der Waals surface area contributed by atoms with Crippen molar-refractivity contribution in [1.29, 1.82) is 0 Å². The zero-order chi connectivity index (χ0) is 18.8. The van der Waals surface area contributed by atoms with Crippen LogP contribution in [0.15, 0.2) is 66.9 Å². The summed E-state index contributed by atoms with van der Waals surface area (Å²) in [5, 5.41) is 0. The van der Waals surface area contributed by atoms with E-state index in [9.17, 15) is 0 Å². The Morgan fingerprint density at radius 1 is 0.750 bits per heavy atom. The molecule has 142 valence electrons. The lowest BCUT2D eigenvalue weighted by molar-refractivity contribution is 0.247. The van der Waals surface area contributed by atoms with Gasteiger partial charge in [-0.3, -0.25) is 9.88 Å². The van der Waals surface area contributed by atoms with Crippen molar-refractivity contribution in [3.05, 3.63) is 66.9 Å². The third kappa shape index (κ3) is 3.78. The van der Waals surface area contributed by atoms with Gasteiger partial charge in [0.15, 0.2) is 0 Å². The summed E-state index contributed by atoms with van der Waals surface area (Å²) in [7, 11) is 0. The van der Waals surface area contributed by atoms with Crippen LogP contribution in [0.2, 0.25) is 0 Å². The summed E-state index contributed by atoms with van der Waals surface area (Å²) in [6, 6.07) is 20.8. The van der Waals surface area contributed by atoms with Crippen molar-refractivity contribution in [2.24, 2.45) is 5.92 Å². The van der Waals surface area contributed by atoms with Crippen LogP contribution in [0.3, 0.4) is 0 Å². The van der Waals surface area contributed by atoms with Crippen LogP contribution in [0.1, 0.15) is 12.8 Å². The predicted molar refractivity (Wildman–Crippen MR) is 114 cm³/mol. The van der Waals surface area contributed by atoms with Gasteiger partial charge in [0.05, 0.1) is 17.6 Å². The molecule has 3 aromatic rings. The maximum atomic E-state index is 5.09. The van der Waals surface area contributed by atoms with E-state index in [0.29, 0.717) is 0 Å². The molecule has 1 saturated heterocycles. The lowest BCUT2D eigenvalue weighted by atomic mass is 10.0. The molecule has 0 N–H and O–H groups in total. The molecule has 0 bridgehead atoms. The second-order valence-electron chi connectivity index (χ2n) is 7.89. The molecule has 0 radical (unpaired) electrons. The molecule has 4 nitrogen and oxygen atoms in total. The van der Waals surface area contributed by atoms with Crippen LogP contribution >= 0.6 is 0 Å². The summed E-state index contributed by atoms with van der Waals surface area (Å²) in [6.45, 7) is 5.58. The minimum absolute atomic E-state index is 0.947. The smallest absolute Gasteiger partial charge is 0.147 e. The number of hydrogen-bond acceptors (Lipinski definition) is 4. The van der Waals surface area contributed by atoms with Crippen molar-refractivity contribution < 1.29 is 0 Å². The molecule has 1 aliphatic carbocycles. The van der Waals surface area contributed by atoms with Gasteiger partial charge in [0.25, 0.3) is 0 Å². The topological polar surface area (TPSA) is 32.3 Å². The van der Waals surface area contributed by atoms with Gasteiger partial charge in [0, 0.05) is 43.9 Å². The van der Waals surface area contributed by atoms with Crippen molar-refractivity contribution in [2.75, 3.05) is 37.6 Å². The molecule has 5 rings (SSSR count). The fraction of sp³-hybridized carbons (Fsp3) is 0.333. The SMILES string of the molecule is c1ccc(-c2ncc(N3CCN(CC4CC4)CC3)nc2-c2ccccc2)cc1. The van der Waals surface area contributed by atoms with Gasteiger partial charge >= 0.3 is 0 Å². The lowest BCUT2D eigenvalue weighted by Gasteiger charge is -2.35. The zero-order valence-corrected chi connectivity index (χ0v) is 16.2. The van der Waals surface area contributed by atoms with E-state index in [1.54, 1.807) is 0 Å². The Hall–Kier alpha value is -2.72. The first-order valence-corrected chi connectivity index (χ1v) is 10.3. The first kappa shape index (κ1) is 17.4.